The molecule has 1 aliphatic rings. The van der Waals surface area contributed by atoms with E-state index in [1.54, 1.807) is 0 Å². The number of nitrogens with zero attached hydrogens (tertiary/aromatic N) is 2. The Morgan fingerprint density at radius 2 is 1.10 bits per heavy atom. The first-order valence-corrected chi connectivity index (χ1v) is 17.1. The monoisotopic (exact) mass is 626 g/mol. The molecule has 49 heavy (non-hydrogen) atoms. The lowest BCUT2D eigenvalue weighted by Crippen LogP contribution is -2.16. The predicted molar refractivity (Wildman–Crippen MR) is 208 cm³/mol. The van der Waals surface area contributed by atoms with Crippen molar-refractivity contribution in [2.45, 2.75) is 19.3 Å². The molecular weight excluding hydrogens is 593 g/mol. The number of hydrogen-bond acceptors (Lipinski definition) is 1. The van der Waals surface area contributed by atoms with Crippen LogP contribution in [0.15, 0.2) is 170 Å². The quantitative estimate of drug-likeness (QED) is 0.176. The summed E-state index contributed by atoms with van der Waals surface area (Å²) >= 11 is 0. The first kappa shape index (κ1) is 27.9. The molecule has 1 aliphatic carbocycles. The van der Waals surface area contributed by atoms with E-state index >= 15 is 0 Å². The van der Waals surface area contributed by atoms with Gasteiger partial charge in [0.15, 0.2) is 0 Å². The largest absolute Gasteiger partial charge is 0.310 e. The van der Waals surface area contributed by atoms with Crippen molar-refractivity contribution in [2.24, 2.45) is 0 Å². The van der Waals surface area contributed by atoms with Crippen LogP contribution in [0, 0.1) is 0 Å². The van der Waals surface area contributed by atoms with Crippen LogP contribution < -0.4 is 4.90 Å². The van der Waals surface area contributed by atoms with Crippen LogP contribution in [0.4, 0.5) is 17.1 Å². The van der Waals surface area contributed by atoms with Crippen molar-refractivity contribution in [2.75, 3.05) is 4.90 Å². The van der Waals surface area contributed by atoms with Gasteiger partial charge in [0.25, 0.3) is 0 Å². The minimum atomic E-state index is -0.0943. The van der Waals surface area contributed by atoms with E-state index in [9.17, 15) is 0 Å². The maximum atomic E-state index is 2.49. The van der Waals surface area contributed by atoms with Crippen LogP contribution in [0.5, 0.6) is 0 Å². The molecule has 0 saturated heterocycles. The van der Waals surface area contributed by atoms with Crippen molar-refractivity contribution in [1.82, 2.24) is 4.57 Å². The molecule has 1 aromatic heterocycles. The molecular formula is C47H34N2. The zero-order chi connectivity index (χ0) is 32.7. The summed E-state index contributed by atoms with van der Waals surface area (Å²) in [6.45, 7) is 4.72. The number of hydrogen-bond donors (Lipinski definition) is 0. The average Bonchev–Trinajstić information content (AvgIpc) is 3.61. The molecule has 0 unspecified atom stereocenters. The van der Waals surface area contributed by atoms with E-state index in [-0.39, 0.29) is 5.41 Å². The maximum absolute atomic E-state index is 2.49. The van der Waals surface area contributed by atoms with Crippen LogP contribution >= 0.6 is 0 Å². The van der Waals surface area contributed by atoms with Crippen molar-refractivity contribution in [1.29, 1.82) is 0 Å². The summed E-state index contributed by atoms with van der Waals surface area (Å²) in [6, 6.07) is 62.5. The Bertz CT molecular complexity index is 2750. The van der Waals surface area contributed by atoms with Crippen molar-refractivity contribution < 1.29 is 0 Å². The molecule has 232 valence electrons. The van der Waals surface area contributed by atoms with E-state index in [2.05, 4.69) is 193 Å². The maximum Gasteiger partial charge on any atom is 0.0543 e. The zero-order valence-electron chi connectivity index (χ0n) is 27.6. The summed E-state index contributed by atoms with van der Waals surface area (Å²) in [7, 11) is 0. The van der Waals surface area contributed by atoms with E-state index in [4.69, 9.17) is 0 Å². The van der Waals surface area contributed by atoms with Gasteiger partial charge in [-0.25, -0.2) is 0 Å². The molecule has 9 aromatic rings. The molecule has 2 heteroatoms. The number of benzene rings is 8. The summed E-state index contributed by atoms with van der Waals surface area (Å²) in [4.78, 5) is 2.49. The Kier molecular flexibility index (Phi) is 5.95. The molecule has 0 atom stereocenters. The second-order valence-corrected chi connectivity index (χ2v) is 13.8. The normalized spacial score (nSPS) is 13.3. The Labute approximate surface area is 286 Å². The van der Waals surface area contributed by atoms with Gasteiger partial charge in [0.05, 0.1) is 16.7 Å². The van der Waals surface area contributed by atoms with Crippen molar-refractivity contribution in [3.05, 3.63) is 181 Å². The Hall–Kier alpha value is -6.12. The molecule has 0 amide bonds. The molecule has 0 N–H and O–H groups in total. The molecule has 10 rings (SSSR count). The number of anilines is 3. The van der Waals surface area contributed by atoms with Gasteiger partial charge in [0.1, 0.15) is 0 Å². The fraction of sp³-hybridized carbons (Fsp3) is 0.0638. The lowest BCUT2D eigenvalue weighted by Gasteiger charge is -2.29. The predicted octanol–water partition coefficient (Wildman–Crippen LogP) is 12.9. The van der Waals surface area contributed by atoms with Gasteiger partial charge in [-0.05, 0) is 92.8 Å². The second-order valence-electron chi connectivity index (χ2n) is 13.8. The van der Waals surface area contributed by atoms with Gasteiger partial charge in [-0.3, -0.25) is 0 Å². The molecule has 0 saturated carbocycles. The first-order valence-electron chi connectivity index (χ1n) is 17.1. The van der Waals surface area contributed by atoms with Crippen LogP contribution in [-0.4, -0.2) is 4.57 Å². The summed E-state index contributed by atoms with van der Waals surface area (Å²) in [5, 5.41) is 7.54. The third kappa shape index (κ3) is 4.07. The zero-order valence-corrected chi connectivity index (χ0v) is 27.6. The highest BCUT2D eigenvalue weighted by molar-refractivity contribution is 6.12. The Morgan fingerprint density at radius 1 is 0.449 bits per heavy atom. The van der Waals surface area contributed by atoms with Crippen LogP contribution in [-0.2, 0) is 5.41 Å². The SMILES string of the molecule is CC1(C)c2ccccc2-c2c(N(c3ccc4c(ccc5ccccc54)c3)c3ccc4c(c3)c3ccccc3n4-c3ccccc3)cccc21. The lowest BCUT2D eigenvalue weighted by atomic mass is 9.82. The van der Waals surface area contributed by atoms with Crippen LogP contribution in [0.2, 0.25) is 0 Å². The fourth-order valence-electron chi connectivity index (χ4n) is 8.44. The second kappa shape index (κ2) is 10.4. The Morgan fingerprint density at radius 3 is 2.00 bits per heavy atom. The summed E-state index contributed by atoms with van der Waals surface area (Å²) in [5.74, 6) is 0. The third-order valence-corrected chi connectivity index (χ3v) is 10.7. The molecule has 1 heterocycles. The fourth-order valence-corrected chi connectivity index (χ4v) is 8.44. The first-order chi connectivity index (χ1) is 24.1. The Balaban J connectivity index is 1.27. The van der Waals surface area contributed by atoms with Gasteiger partial charge in [-0.1, -0.05) is 129 Å². The molecule has 0 fully saturated rings. The summed E-state index contributed by atoms with van der Waals surface area (Å²) in [6.07, 6.45) is 0. The van der Waals surface area contributed by atoms with Crippen LogP contribution in [0.1, 0.15) is 25.0 Å². The standard InChI is InChI=1S/C47H34N2/c1-47(2)41-19-10-8-18-39(41)46-42(47)20-12-22-45(46)48(34-25-27-37-32(29-34)24-23-31-13-6-7-16-36(31)37)35-26-28-44-40(30-35)38-17-9-11-21-43(38)49(44)33-14-4-3-5-15-33/h3-30H,1-2H3. The summed E-state index contributed by atoms with van der Waals surface area (Å²) < 4.78 is 2.39. The molecule has 0 spiro atoms. The van der Waals surface area contributed by atoms with E-state index in [1.807, 2.05) is 0 Å². The number of rotatable bonds is 4. The van der Waals surface area contributed by atoms with Crippen molar-refractivity contribution in [3.63, 3.8) is 0 Å². The minimum Gasteiger partial charge on any atom is -0.310 e. The molecule has 8 aromatic carbocycles. The van der Waals surface area contributed by atoms with Gasteiger partial charge in [0, 0.05) is 38.8 Å². The van der Waals surface area contributed by atoms with Crippen molar-refractivity contribution >= 4 is 60.4 Å². The van der Waals surface area contributed by atoms with Gasteiger partial charge in [-0.2, -0.15) is 0 Å². The van der Waals surface area contributed by atoms with Crippen molar-refractivity contribution in [3.8, 4) is 16.8 Å². The number of para-hydroxylation sites is 2. The average molecular weight is 627 g/mol. The van der Waals surface area contributed by atoms with E-state index in [1.165, 1.54) is 77.0 Å². The number of aromatic nitrogens is 1. The number of fused-ring (bicyclic) bond motifs is 9. The highest BCUT2D eigenvalue weighted by Gasteiger charge is 2.37. The van der Waals surface area contributed by atoms with Crippen LogP contribution in [0.3, 0.4) is 0 Å². The van der Waals surface area contributed by atoms with Crippen LogP contribution in [0.25, 0.3) is 60.2 Å². The highest BCUT2D eigenvalue weighted by Crippen LogP contribution is 2.54. The lowest BCUT2D eigenvalue weighted by molar-refractivity contribution is 0.660. The van der Waals surface area contributed by atoms with Gasteiger partial charge >= 0.3 is 0 Å². The molecule has 0 bridgehead atoms. The van der Waals surface area contributed by atoms with Gasteiger partial charge in [-0.15, -0.1) is 0 Å². The molecule has 0 radical (unpaired) electrons. The summed E-state index contributed by atoms with van der Waals surface area (Å²) in [5.41, 5.74) is 12.3. The van der Waals surface area contributed by atoms with E-state index in [0.29, 0.717) is 0 Å². The molecule has 0 aliphatic heterocycles. The molecule has 2 nitrogen and oxygen atoms in total. The van der Waals surface area contributed by atoms with E-state index in [0.717, 1.165) is 11.4 Å². The highest BCUT2D eigenvalue weighted by atomic mass is 15.1. The topological polar surface area (TPSA) is 8.17 Å². The van der Waals surface area contributed by atoms with Gasteiger partial charge in [0.2, 0.25) is 0 Å². The smallest absolute Gasteiger partial charge is 0.0543 e. The van der Waals surface area contributed by atoms with Gasteiger partial charge < -0.3 is 9.47 Å². The van der Waals surface area contributed by atoms with E-state index < -0.39 is 0 Å². The third-order valence-electron chi connectivity index (χ3n) is 10.7. The minimum absolute atomic E-state index is 0.0943.